The van der Waals surface area contributed by atoms with Gasteiger partial charge in [-0.2, -0.15) is 5.26 Å². The molecule has 0 atom stereocenters. The number of anilines is 1. The number of carbonyl (C=O) groups excluding carboxylic acids is 1. The zero-order chi connectivity index (χ0) is 25.4. The first-order chi connectivity index (χ1) is 16.8. The first-order valence-corrected chi connectivity index (χ1v) is 11.7. The van der Waals surface area contributed by atoms with E-state index in [0.29, 0.717) is 51.4 Å². The Kier molecular flexibility index (Phi) is 8.63. The highest BCUT2D eigenvalue weighted by Crippen LogP contribution is 2.28. The lowest BCUT2D eigenvalue weighted by atomic mass is 9.95. The van der Waals surface area contributed by atoms with Crippen LogP contribution in [0.5, 0.6) is 5.75 Å². The Morgan fingerprint density at radius 3 is 2.43 bits per heavy atom. The number of allylic oxidation sites excluding steroid dienone is 1. The van der Waals surface area contributed by atoms with E-state index in [-0.39, 0.29) is 18.4 Å². The van der Waals surface area contributed by atoms with Gasteiger partial charge in [-0.1, -0.05) is 43.7 Å². The van der Waals surface area contributed by atoms with Crippen LogP contribution in [-0.4, -0.2) is 12.0 Å². The normalized spacial score (nSPS) is 11.5. The van der Waals surface area contributed by atoms with Crippen molar-refractivity contribution < 1.29 is 13.9 Å². The molecule has 35 heavy (non-hydrogen) atoms. The van der Waals surface area contributed by atoms with Crippen molar-refractivity contribution in [3.8, 4) is 22.9 Å². The summed E-state index contributed by atoms with van der Waals surface area (Å²) in [5.74, 6) is -0.0691. The number of hydrogen-bond acceptors (Lipinski definition) is 4. The molecule has 3 rings (SSSR count). The summed E-state index contributed by atoms with van der Waals surface area (Å²) in [6.45, 7) is 5.87. The van der Waals surface area contributed by atoms with Crippen LogP contribution < -0.4 is 15.8 Å². The maximum absolute atomic E-state index is 15.1. The van der Waals surface area contributed by atoms with Crippen LogP contribution >= 0.6 is 0 Å². The highest BCUT2D eigenvalue weighted by Gasteiger charge is 2.17. The van der Waals surface area contributed by atoms with Crippen LogP contribution in [-0.2, 0) is 11.2 Å². The summed E-state index contributed by atoms with van der Waals surface area (Å²) in [4.78, 5) is 13.1. The minimum absolute atomic E-state index is 0.0546. The van der Waals surface area contributed by atoms with Crippen LogP contribution in [0.15, 0.2) is 78.0 Å². The molecular weight excluding hydrogens is 441 g/mol. The fourth-order valence-electron chi connectivity index (χ4n) is 3.76. The first kappa shape index (κ1) is 25.5. The highest BCUT2D eigenvalue weighted by atomic mass is 19.1. The molecule has 0 fully saturated rings. The van der Waals surface area contributed by atoms with Crippen molar-refractivity contribution in [3.05, 3.63) is 94.9 Å². The molecule has 1 amide bonds. The second-order valence-electron chi connectivity index (χ2n) is 8.55. The van der Waals surface area contributed by atoms with Gasteiger partial charge in [-0.3, -0.25) is 4.79 Å². The molecule has 0 saturated carbocycles. The number of rotatable bonds is 9. The number of nitrogens with one attached hydrogen (secondary N) is 1. The van der Waals surface area contributed by atoms with Gasteiger partial charge in [0.1, 0.15) is 11.6 Å². The Morgan fingerprint density at radius 2 is 1.80 bits per heavy atom. The van der Waals surface area contributed by atoms with Gasteiger partial charge in [0.25, 0.3) is 5.91 Å². The SMILES string of the molecule is CCC/C(N)=C(\Cc1ccc(-c2ccccc2C#N)c(F)c1)C(=O)Nc1ccc(OC(C)C)cc1. The number of hydrogen-bond donors (Lipinski definition) is 2. The van der Waals surface area contributed by atoms with Gasteiger partial charge in [-0.15, -0.1) is 0 Å². The summed E-state index contributed by atoms with van der Waals surface area (Å²) in [6.07, 6.45) is 1.57. The molecule has 0 unspecified atom stereocenters. The second kappa shape index (κ2) is 11.8. The van der Waals surface area contributed by atoms with E-state index >= 15 is 4.39 Å². The van der Waals surface area contributed by atoms with Gasteiger partial charge in [0, 0.05) is 34.5 Å². The largest absolute Gasteiger partial charge is 0.491 e. The lowest BCUT2D eigenvalue weighted by Crippen LogP contribution is -2.20. The van der Waals surface area contributed by atoms with Crippen LogP contribution in [0.25, 0.3) is 11.1 Å². The van der Waals surface area contributed by atoms with Crippen LogP contribution in [0.1, 0.15) is 44.7 Å². The third kappa shape index (κ3) is 6.70. The van der Waals surface area contributed by atoms with Crippen LogP contribution in [0.3, 0.4) is 0 Å². The molecule has 0 aliphatic heterocycles. The van der Waals surface area contributed by atoms with Gasteiger partial charge in [-0.25, -0.2) is 4.39 Å². The fraction of sp³-hybridized carbons (Fsp3) is 0.241. The molecule has 0 saturated heterocycles. The summed E-state index contributed by atoms with van der Waals surface area (Å²) in [5, 5.41) is 12.2. The monoisotopic (exact) mass is 471 g/mol. The summed E-state index contributed by atoms with van der Waals surface area (Å²) in [7, 11) is 0. The number of amides is 1. The molecule has 0 aromatic heterocycles. The number of nitrogens with zero attached hydrogens (tertiary/aromatic N) is 1. The third-order valence-corrected chi connectivity index (χ3v) is 5.42. The lowest BCUT2D eigenvalue weighted by molar-refractivity contribution is -0.113. The van der Waals surface area contributed by atoms with Crippen molar-refractivity contribution in [2.45, 2.75) is 46.1 Å². The summed E-state index contributed by atoms with van der Waals surface area (Å²) in [6, 6.07) is 20.9. The standard InChI is InChI=1S/C29H30FN3O2/c1-4-7-28(32)26(29(34)33-22-11-13-23(14-12-22)35-19(2)3)16-20-10-15-25(27(30)17-20)24-9-6-5-8-21(24)18-31/h5-6,8-15,17,19H,4,7,16,32H2,1-3H3,(H,33,34)/b28-26-. The molecule has 0 heterocycles. The van der Waals surface area contributed by atoms with E-state index in [1.54, 1.807) is 60.7 Å². The molecule has 3 N–H and O–H groups in total. The summed E-state index contributed by atoms with van der Waals surface area (Å²) >= 11 is 0. The van der Waals surface area contributed by atoms with Gasteiger partial charge in [-0.05, 0) is 62.2 Å². The zero-order valence-electron chi connectivity index (χ0n) is 20.3. The van der Waals surface area contributed by atoms with Crippen molar-refractivity contribution in [2.24, 2.45) is 5.73 Å². The average molecular weight is 472 g/mol. The number of carbonyl (C=O) groups is 1. The smallest absolute Gasteiger partial charge is 0.253 e. The van der Waals surface area contributed by atoms with E-state index < -0.39 is 5.82 Å². The molecule has 3 aromatic rings. The van der Waals surface area contributed by atoms with Crippen LogP contribution in [0.2, 0.25) is 0 Å². The molecular formula is C29H30FN3O2. The van der Waals surface area contributed by atoms with Gasteiger partial charge >= 0.3 is 0 Å². The van der Waals surface area contributed by atoms with Crippen LogP contribution in [0.4, 0.5) is 10.1 Å². The number of halogens is 1. The van der Waals surface area contributed by atoms with E-state index in [9.17, 15) is 10.1 Å². The molecule has 0 aliphatic carbocycles. The molecule has 5 nitrogen and oxygen atoms in total. The Morgan fingerprint density at radius 1 is 1.09 bits per heavy atom. The number of nitriles is 1. The van der Waals surface area contributed by atoms with Crippen molar-refractivity contribution >= 4 is 11.6 Å². The van der Waals surface area contributed by atoms with E-state index in [1.807, 2.05) is 20.8 Å². The molecule has 0 radical (unpaired) electrons. The van der Waals surface area contributed by atoms with E-state index in [2.05, 4.69) is 11.4 Å². The van der Waals surface area contributed by atoms with Gasteiger partial charge in [0.2, 0.25) is 0 Å². The highest BCUT2D eigenvalue weighted by molar-refractivity contribution is 6.04. The van der Waals surface area contributed by atoms with Gasteiger partial charge in [0.05, 0.1) is 17.7 Å². The third-order valence-electron chi connectivity index (χ3n) is 5.42. The molecule has 180 valence electrons. The predicted molar refractivity (Wildman–Crippen MR) is 137 cm³/mol. The topological polar surface area (TPSA) is 88.1 Å². The number of nitrogens with two attached hydrogens (primary N) is 1. The lowest BCUT2D eigenvalue weighted by Gasteiger charge is -2.15. The predicted octanol–water partition coefficient (Wildman–Crippen LogP) is 6.35. The first-order valence-electron chi connectivity index (χ1n) is 11.7. The second-order valence-corrected chi connectivity index (χ2v) is 8.55. The number of benzene rings is 3. The molecule has 0 aliphatic rings. The quantitative estimate of drug-likeness (QED) is 0.356. The summed E-state index contributed by atoms with van der Waals surface area (Å²) in [5.41, 5.74) is 9.65. The molecule has 3 aromatic carbocycles. The van der Waals surface area contributed by atoms with Gasteiger partial charge in [0.15, 0.2) is 0 Å². The Balaban J connectivity index is 1.84. The zero-order valence-corrected chi connectivity index (χ0v) is 20.3. The van der Waals surface area contributed by atoms with E-state index in [0.717, 1.165) is 6.42 Å². The van der Waals surface area contributed by atoms with Crippen molar-refractivity contribution in [1.82, 2.24) is 0 Å². The maximum atomic E-state index is 15.1. The molecule has 0 spiro atoms. The average Bonchev–Trinajstić information content (AvgIpc) is 2.83. The van der Waals surface area contributed by atoms with Crippen molar-refractivity contribution in [3.63, 3.8) is 0 Å². The minimum Gasteiger partial charge on any atom is -0.491 e. The van der Waals surface area contributed by atoms with Crippen molar-refractivity contribution in [2.75, 3.05) is 5.32 Å². The maximum Gasteiger partial charge on any atom is 0.253 e. The molecule has 6 heteroatoms. The Bertz CT molecular complexity index is 1260. The Hall–Kier alpha value is -4.11. The van der Waals surface area contributed by atoms with E-state index in [1.165, 1.54) is 6.07 Å². The van der Waals surface area contributed by atoms with Crippen LogP contribution in [0, 0.1) is 17.1 Å². The number of ether oxygens (including phenoxy) is 1. The molecule has 0 bridgehead atoms. The van der Waals surface area contributed by atoms with Crippen molar-refractivity contribution in [1.29, 1.82) is 5.26 Å². The Labute approximate surface area is 206 Å². The summed E-state index contributed by atoms with van der Waals surface area (Å²) < 4.78 is 20.7. The minimum atomic E-state index is -0.459. The van der Waals surface area contributed by atoms with Gasteiger partial charge < -0.3 is 15.8 Å². The fourth-order valence-corrected chi connectivity index (χ4v) is 3.76. The van der Waals surface area contributed by atoms with E-state index in [4.69, 9.17) is 10.5 Å².